The van der Waals surface area contributed by atoms with Gasteiger partial charge in [-0.3, -0.25) is 0 Å². The van der Waals surface area contributed by atoms with Gasteiger partial charge >= 0.3 is 6.01 Å². The van der Waals surface area contributed by atoms with Crippen LogP contribution in [0.3, 0.4) is 0 Å². The van der Waals surface area contributed by atoms with Crippen molar-refractivity contribution in [1.29, 1.82) is 0 Å². The minimum atomic E-state index is 0.246. The molecule has 0 amide bonds. The summed E-state index contributed by atoms with van der Waals surface area (Å²) < 4.78 is 11.9. The molecule has 108 valence electrons. The van der Waals surface area contributed by atoms with Crippen molar-refractivity contribution in [3.63, 3.8) is 0 Å². The van der Waals surface area contributed by atoms with Gasteiger partial charge < -0.3 is 14.8 Å². The molecule has 0 aliphatic carbocycles. The summed E-state index contributed by atoms with van der Waals surface area (Å²) in [6.07, 6.45) is 1.52. The van der Waals surface area contributed by atoms with Gasteiger partial charge in [0.25, 0.3) is 0 Å². The standard InChI is InChI=1S/C13H14N6O2/c1-20-12-6-10(17-13(18-12)21-2)14-7-9-4-3-5-11-15-8-16-19(9)11/h3-6,8H,7H2,1-2H3,(H,14,17,18). The van der Waals surface area contributed by atoms with E-state index in [1.165, 1.54) is 13.4 Å². The van der Waals surface area contributed by atoms with Crippen LogP contribution in [0.1, 0.15) is 5.69 Å². The van der Waals surface area contributed by atoms with E-state index in [2.05, 4.69) is 25.4 Å². The molecule has 0 aliphatic heterocycles. The third kappa shape index (κ3) is 2.69. The number of fused-ring (bicyclic) bond motifs is 1. The van der Waals surface area contributed by atoms with E-state index in [0.29, 0.717) is 18.2 Å². The fourth-order valence-electron chi connectivity index (χ4n) is 1.91. The summed E-state index contributed by atoms with van der Waals surface area (Å²) in [7, 11) is 3.05. The summed E-state index contributed by atoms with van der Waals surface area (Å²) in [6, 6.07) is 7.74. The molecular weight excluding hydrogens is 272 g/mol. The van der Waals surface area contributed by atoms with Gasteiger partial charge in [-0.25, -0.2) is 9.50 Å². The van der Waals surface area contributed by atoms with Crippen LogP contribution in [0.2, 0.25) is 0 Å². The largest absolute Gasteiger partial charge is 0.481 e. The van der Waals surface area contributed by atoms with Crippen LogP contribution in [-0.2, 0) is 6.54 Å². The smallest absolute Gasteiger partial charge is 0.321 e. The van der Waals surface area contributed by atoms with E-state index in [1.807, 2.05) is 18.2 Å². The molecule has 0 bridgehead atoms. The van der Waals surface area contributed by atoms with E-state index < -0.39 is 0 Å². The monoisotopic (exact) mass is 286 g/mol. The highest BCUT2D eigenvalue weighted by Gasteiger charge is 2.06. The first-order valence-electron chi connectivity index (χ1n) is 6.28. The van der Waals surface area contributed by atoms with Gasteiger partial charge in [-0.15, -0.1) is 0 Å². The van der Waals surface area contributed by atoms with E-state index in [-0.39, 0.29) is 6.01 Å². The van der Waals surface area contributed by atoms with Gasteiger partial charge in [-0.05, 0) is 12.1 Å². The molecule has 0 unspecified atom stereocenters. The van der Waals surface area contributed by atoms with E-state index in [9.17, 15) is 0 Å². The second-order valence-electron chi connectivity index (χ2n) is 4.18. The van der Waals surface area contributed by atoms with E-state index in [4.69, 9.17) is 9.47 Å². The molecular formula is C13H14N6O2. The van der Waals surface area contributed by atoms with E-state index >= 15 is 0 Å². The Morgan fingerprint density at radius 3 is 2.90 bits per heavy atom. The summed E-state index contributed by atoms with van der Waals surface area (Å²) in [6.45, 7) is 0.532. The third-order valence-corrected chi connectivity index (χ3v) is 2.90. The lowest BCUT2D eigenvalue weighted by molar-refractivity contribution is 0.353. The lowest BCUT2D eigenvalue weighted by atomic mass is 10.3. The minimum absolute atomic E-state index is 0.246. The number of methoxy groups -OCH3 is 2. The molecule has 3 aromatic heterocycles. The van der Waals surface area contributed by atoms with Crippen molar-refractivity contribution in [1.82, 2.24) is 24.6 Å². The van der Waals surface area contributed by atoms with Gasteiger partial charge in [0.05, 0.1) is 26.5 Å². The quantitative estimate of drug-likeness (QED) is 0.752. The van der Waals surface area contributed by atoms with Crippen molar-refractivity contribution in [2.45, 2.75) is 6.54 Å². The van der Waals surface area contributed by atoms with Gasteiger partial charge in [-0.2, -0.15) is 15.1 Å². The first-order chi connectivity index (χ1) is 10.3. The molecule has 3 rings (SSSR count). The Labute approximate surface area is 120 Å². The van der Waals surface area contributed by atoms with Crippen LogP contribution in [-0.4, -0.2) is 38.8 Å². The van der Waals surface area contributed by atoms with Gasteiger partial charge in [-0.1, -0.05) is 6.07 Å². The topological polar surface area (TPSA) is 86.5 Å². The molecule has 8 nitrogen and oxygen atoms in total. The number of aromatic nitrogens is 5. The number of anilines is 1. The number of ether oxygens (including phenoxy) is 2. The van der Waals surface area contributed by atoms with Crippen LogP contribution in [0.15, 0.2) is 30.6 Å². The number of nitrogens with one attached hydrogen (secondary N) is 1. The van der Waals surface area contributed by atoms with Gasteiger partial charge in [0.15, 0.2) is 5.65 Å². The zero-order valence-corrected chi connectivity index (χ0v) is 11.6. The molecule has 3 heterocycles. The Bertz CT molecular complexity index is 735. The maximum absolute atomic E-state index is 5.11. The van der Waals surface area contributed by atoms with E-state index in [0.717, 1.165) is 11.3 Å². The molecule has 0 spiro atoms. The van der Waals surface area contributed by atoms with Crippen LogP contribution in [0, 0.1) is 0 Å². The average molecular weight is 286 g/mol. The maximum Gasteiger partial charge on any atom is 0.321 e. The van der Waals surface area contributed by atoms with Crippen molar-refractivity contribution >= 4 is 11.5 Å². The number of nitrogens with zero attached hydrogens (tertiary/aromatic N) is 5. The van der Waals surface area contributed by atoms with Crippen LogP contribution in [0.5, 0.6) is 11.9 Å². The number of rotatable bonds is 5. The normalized spacial score (nSPS) is 10.6. The molecule has 0 atom stereocenters. The Kier molecular flexibility index (Phi) is 3.50. The first kappa shape index (κ1) is 13.1. The van der Waals surface area contributed by atoms with E-state index in [1.54, 1.807) is 17.7 Å². The fourth-order valence-corrected chi connectivity index (χ4v) is 1.91. The predicted octanol–water partition coefficient (Wildman–Crippen LogP) is 1.15. The summed E-state index contributed by atoms with van der Waals surface area (Å²) in [4.78, 5) is 12.4. The molecule has 0 saturated carbocycles. The van der Waals surface area contributed by atoms with Crippen LogP contribution >= 0.6 is 0 Å². The second kappa shape index (κ2) is 5.61. The Morgan fingerprint density at radius 2 is 2.10 bits per heavy atom. The highest BCUT2D eigenvalue weighted by Crippen LogP contribution is 2.17. The zero-order chi connectivity index (χ0) is 14.7. The molecule has 1 N–H and O–H groups in total. The highest BCUT2D eigenvalue weighted by molar-refractivity contribution is 5.42. The third-order valence-electron chi connectivity index (χ3n) is 2.90. The Hall–Kier alpha value is -2.90. The molecule has 3 aromatic rings. The maximum atomic E-state index is 5.11. The van der Waals surface area contributed by atoms with Crippen molar-refractivity contribution in [2.24, 2.45) is 0 Å². The van der Waals surface area contributed by atoms with Crippen molar-refractivity contribution < 1.29 is 9.47 Å². The molecule has 0 radical (unpaired) electrons. The summed E-state index contributed by atoms with van der Waals surface area (Å²) in [5.74, 6) is 1.04. The fraction of sp³-hybridized carbons (Fsp3) is 0.231. The van der Waals surface area contributed by atoms with Crippen molar-refractivity contribution in [2.75, 3.05) is 19.5 Å². The number of hydrogen-bond donors (Lipinski definition) is 1. The van der Waals surface area contributed by atoms with Gasteiger partial charge in [0.1, 0.15) is 12.1 Å². The first-order valence-corrected chi connectivity index (χ1v) is 6.28. The molecule has 0 aromatic carbocycles. The SMILES string of the molecule is COc1cc(NCc2cccc3ncnn23)nc(OC)n1. The molecule has 0 saturated heterocycles. The average Bonchev–Trinajstić information content (AvgIpc) is 3.01. The molecule has 8 heteroatoms. The van der Waals surface area contributed by atoms with Crippen molar-refractivity contribution in [3.8, 4) is 11.9 Å². The van der Waals surface area contributed by atoms with Gasteiger partial charge in [0.2, 0.25) is 5.88 Å². The van der Waals surface area contributed by atoms with Gasteiger partial charge in [0, 0.05) is 6.07 Å². The summed E-state index contributed by atoms with van der Waals surface area (Å²) in [5.41, 5.74) is 1.76. The molecule has 0 aliphatic rings. The summed E-state index contributed by atoms with van der Waals surface area (Å²) in [5, 5.41) is 7.37. The highest BCUT2D eigenvalue weighted by atomic mass is 16.5. The Morgan fingerprint density at radius 1 is 1.19 bits per heavy atom. The second-order valence-corrected chi connectivity index (χ2v) is 4.18. The number of hydrogen-bond acceptors (Lipinski definition) is 7. The minimum Gasteiger partial charge on any atom is -0.481 e. The lowest BCUT2D eigenvalue weighted by Gasteiger charge is -2.09. The molecule has 21 heavy (non-hydrogen) atoms. The lowest BCUT2D eigenvalue weighted by Crippen LogP contribution is -2.08. The summed E-state index contributed by atoms with van der Waals surface area (Å²) >= 11 is 0. The predicted molar refractivity (Wildman–Crippen MR) is 75.4 cm³/mol. The molecule has 0 fully saturated rings. The van der Waals surface area contributed by atoms with Crippen LogP contribution < -0.4 is 14.8 Å². The van der Waals surface area contributed by atoms with Crippen molar-refractivity contribution in [3.05, 3.63) is 36.3 Å². The van der Waals surface area contributed by atoms with Crippen LogP contribution in [0.4, 0.5) is 5.82 Å². The number of pyridine rings is 1. The zero-order valence-electron chi connectivity index (χ0n) is 11.6. The van der Waals surface area contributed by atoms with Crippen LogP contribution in [0.25, 0.3) is 5.65 Å². The Balaban J connectivity index is 1.83.